The van der Waals surface area contributed by atoms with Crippen molar-refractivity contribution in [2.24, 2.45) is 11.7 Å². The standard InChI is InChI=1S/C16H27FN2/c1-13(2)8-9-16(3,12-18)19(4)11-14-6-5-7-15(17)10-14/h5-7,10,13H,8-9,11-12,18H2,1-4H3. The van der Waals surface area contributed by atoms with Crippen LogP contribution in [0.15, 0.2) is 24.3 Å². The van der Waals surface area contributed by atoms with Gasteiger partial charge in [0.2, 0.25) is 0 Å². The summed E-state index contributed by atoms with van der Waals surface area (Å²) in [6.45, 7) is 7.98. The van der Waals surface area contributed by atoms with Gasteiger partial charge in [-0.15, -0.1) is 0 Å². The van der Waals surface area contributed by atoms with E-state index in [1.807, 2.05) is 6.07 Å². The molecule has 1 aromatic rings. The number of rotatable bonds is 7. The van der Waals surface area contributed by atoms with E-state index >= 15 is 0 Å². The SMILES string of the molecule is CC(C)CCC(C)(CN)N(C)Cc1cccc(F)c1. The molecule has 0 aliphatic heterocycles. The Labute approximate surface area is 116 Å². The van der Waals surface area contributed by atoms with Crippen molar-refractivity contribution in [3.8, 4) is 0 Å². The van der Waals surface area contributed by atoms with Gasteiger partial charge in [-0.1, -0.05) is 26.0 Å². The lowest BCUT2D eigenvalue weighted by atomic mass is 9.90. The van der Waals surface area contributed by atoms with Gasteiger partial charge in [0.15, 0.2) is 0 Å². The first-order valence-corrected chi connectivity index (χ1v) is 7.03. The van der Waals surface area contributed by atoms with Crippen LogP contribution in [0, 0.1) is 11.7 Å². The Morgan fingerprint density at radius 3 is 2.58 bits per heavy atom. The second-order valence-corrected chi connectivity index (χ2v) is 6.12. The highest BCUT2D eigenvalue weighted by atomic mass is 19.1. The third-order valence-electron chi connectivity index (χ3n) is 3.93. The lowest BCUT2D eigenvalue weighted by Crippen LogP contribution is -2.49. The smallest absolute Gasteiger partial charge is 0.123 e. The van der Waals surface area contributed by atoms with E-state index in [2.05, 4.69) is 32.7 Å². The Kier molecular flexibility index (Phi) is 5.95. The van der Waals surface area contributed by atoms with Crippen LogP contribution in [0.4, 0.5) is 4.39 Å². The zero-order valence-corrected chi connectivity index (χ0v) is 12.6. The summed E-state index contributed by atoms with van der Waals surface area (Å²) in [5.74, 6) is 0.496. The molecule has 2 nitrogen and oxygen atoms in total. The zero-order chi connectivity index (χ0) is 14.5. The number of hydrogen-bond donors (Lipinski definition) is 1. The highest BCUT2D eigenvalue weighted by Crippen LogP contribution is 2.23. The van der Waals surface area contributed by atoms with E-state index in [1.54, 1.807) is 12.1 Å². The highest BCUT2D eigenvalue weighted by molar-refractivity contribution is 5.16. The predicted molar refractivity (Wildman–Crippen MR) is 79.4 cm³/mol. The minimum atomic E-state index is -0.178. The summed E-state index contributed by atoms with van der Waals surface area (Å²) in [5.41, 5.74) is 6.92. The molecule has 0 aliphatic carbocycles. The average molecular weight is 266 g/mol. The summed E-state index contributed by atoms with van der Waals surface area (Å²) in [6.07, 6.45) is 2.22. The molecular weight excluding hydrogens is 239 g/mol. The van der Waals surface area contributed by atoms with Crippen molar-refractivity contribution in [1.82, 2.24) is 4.90 Å². The van der Waals surface area contributed by atoms with Crippen molar-refractivity contribution in [3.63, 3.8) is 0 Å². The van der Waals surface area contributed by atoms with E-state index in [1.165, 1.54) is 6.07 Å². The first-order chi connectivity index (χ1) is 8.87. The Morgan fingerprint density at radius 1 is 1.37 bits per heavy atom. The van der Waals surface area contributed by atoms with Crippen LogP contribution in [0.3, 0.4) is 0 Å². The van der Waals surface area contributed by atoms with E-state index in [0.29, 0.717) is 12.5 Å². The van der Waals surface area contributed by atoms with Gasteiger partial charge in [-0.2, -0.15) is 0 Å². The van der Waals surface area contributed by atoms with Crippen molar-refractivity contribution in [3.05, 3.63) is 35.6 Å². The average Bonchev–Trinajstić information content (AvgIpc) is 2.35. The van der Waals surface area contributed by atoms with Gasteiger partial charge in [0.25, 0.3) is 0 Å². The summed E-state index contributed by atoms with van der Waals surface area (Å²) in [5, 5.41) is 0. The van der Waals surface area contributed by atoms with E-state index in [0.717, 1.165) is 24.9 Å². The molecule has 0 spiro atoms. The normalized spacial score (nSPS) is 14.9. The number of likely N-dealkylation sites (N-methyl/N-ethyl adjacent to an activating group) is 1. The fourth-order valence-electron chi connectivity index (χ4n) is 2.15. The highest BCUT2D eigenvalue weighted by Gasteiger charge is 2.27. The van der Waals surface area contributed by atoms with Crippen LogP contribution in [0.25, 0.3) is 0 Å². The molecule has 1 aromatic carbocycles. The van der Waals surface area contributed by atoms with Gasteiger partial charge in [0, 0.05) is 18.6 Å². The first-order valence-electron chi connectivity index (χ1n) is 7.03. The van der Waals surface area contributed by atoms with Crippen LogP contribution >= 0.6 is 0 Å². The summed E-state index contributed by atoms with van der Waals surface area (Å²) >= 11 is 0. The third-order valence-corrected chi connectivity index (χ3v) is 3.93. The molecule has 19 heavy (non-hydrogen) atoms. The predicted octanol–water partition coefficient (Wildman–Crippen LogP) is 3.41. The molecule has 1 unspecified atom stereocenters. The van der Waals surface area contributed by atoms with Crippen LogP contribution < -0.4 is 5.73 Å². The van der Waals surface area contributed by atoms with E-state index in [-0.39, 0.29) is 11.4 Å². The number of benzene rings is 1. The van der Waals surface area contributed by atoms with Crippen molar-refractivity contribution in [2.45, 2.75) is 45.7 Å². The minimum absolute atomic E-state index is 0.0312. The molecule has 0 heterocycles. The second kappa shape index (κ2) is 7.01. The van der Waals surface area contributed by atoms with Crippen molar-refractivity contribution in [1.29, 1.82) is 0 Å². The van der Waals surface area contributed by atoms with E-state index < -0.39 is 0 Å². The van der Waals surface area contributed by atoms with Gasteiger partial charge in [-0.3, -0.25) is 4.90 Å². The lowest BCUT2D eigenvalue weighted by Gasteiger charge is -2.39. The van der Waals surface area contributed by atoms with Crippen LogP contribution in [0.2, 0.25) is 0 Å². The van der Waals surface area contributed by atoms with Gasteiger partial charge in [-0.25, -0.2) is 4.39 Å². The fourth-order valence-corrected chi connectivity index (χ4v) is 2.15. The molecule has 0 saturated heterocycles. The van der Waals surface area contributed by atoms with Gasteiger partial charge < -0.3 is 5.73 Å². The quantitative estimate of drug-likeness (QED) is 0.819. The molecule has 0 aliphatic rings. The lowest BCUT2D eigenvalue weighted by molar-refractivity contribution is 0.119. The molecule has 1 rings (SSSR count). The monoisotopic (exact) mass is 266 g/mol. The van der Waals surface area contributed by atoms with E-state index in [4.69, 9.17) is 5.73 Å². The molecule has 0 amide bonds. The molecule has 0 saturated carbocycles. The Morgan fingerprint density at radius 2 is 2.05 bits per heavy atom. The third kappa shape index (κ3) is 4.92. The zero-order valence-electron chi connectivity index (χ0n) is 12.6. The van der Waals surface area contributed by atoms with Crippen molar-refractivity contribution in [2.75, 3.05) is 13.6 Å². The molecule has 0 bridgehead atoms. The largest absolute Gasteiger partial charge is 0.329 e. The molecule has 0 aromatic heterocycles. The maximum Gasteiger partial charge on any atom is 0.123 e. The van der Waals surface area contributed by atoms with Gasteiger partial charge in [0.1, 0.15) is 5.82 Å². The van der Waals surface area contributed by atoms with Crippen LogP contribution in [-0.4, -0.2) is 24.0 Å². The molecular formula is C16H27FN2. The van der Waals surface area contributed by atoms with Crippen molar-refractivity contribution >= 4 is 0 Å². The maximum atomic E-state index is 13.2. The van der Waals surface area contributed by atoms with Gasteiger partial charge in [-0.05, 0) is 50.4 Å². The Hall–Kier alpha value is -0.930. The molecule has 108 valence electrons. The number of hydrogen-bond acceptors (Lipinski definition) is 2. The fraction of sp³-hybridized carbons (Fsp3) is 0.625. The van der Waals surface area contributed by atoms with E-state index in [9.17, 15) is 4.39 Å². The van der Waals surface area contributed by atoms with Crippen molar-refractivity contribution < 1.29 is 4.39 Å². The summed E-state index contributed by atoms with van der Waals surface area (Å²) < 4.78 is 13.2. The topological polar surface area (TPSA) is 29.3 Å². The molecule has 3 heteroatoms. The maximum absolute atomic E-state index is 13.2. The number of nitrogens with zero attached hydrogens (tertiary/aromatic N) is 1. The molecule has 0 fully saturated rings. The molecule has 2 N–H and O–H groups in total. The Bertz CT molecular complexity index is 392. The van der Waals surface area contributed by atoms with Crippen LogP contribution in [-0.2, 0) is 6.54 Å². The van der Waals surface area contributed by atoms with Gasteiger partial charge >= 0.3 is 0 Å². The summed E-state index contributed by atoms with van der Waals surface area (Å²) in [6, 6.07) is 6.78. The molecule has 1 atom stereocenters. The first kappa shape index (κ1) is 16.1. The number of nitrogens with two attached hydrogens (primary N) is 1. The second-order valence-electron chi connectivity index (χ2n) is 6.12. The summed E-state index contributed by atoms with van der Waals surface area (Å²) in [4.78, 5) is 2.24. The van der Waals surface area contributed by atoms with Gasteiger partial charge in [0.05, 0.1) is 0 Å². The van der Waals surface area contributed by atoms with Crippen LogP contribution in [0.1, 0.15) is 39.2 Å². The molecule has 0 radical (unpaired) electrons. The summed E-state index contributed by atoms with van der Waals surface area (Å²) in [7, 11) is 2.07. The number of halogens is 1. The Balaban J connectivity index is 2.70. The minimum Gasteiger partial charge on any atom is -0.329 e. The van der Waals surface area contributed by atoms with Crippen LogP contribution in [0.5, 0.6) is 0 Å².